The van der Waals surface area contributed by atoms with Gasteiger partial charge in [-0.25, -0.2) is 9.78 Å². The van der Waals surface area contributed by atoms with Crippen molar-refractivity contribution >= 4 is 33.0 Å². The molecule has 0 spiro atoms. The normalized spacial score (nSPS) is 11.2. The van der Waals surface area contributed by atoms with Crippen LogP contribution in [0.15, 0.2) is 21.5 Å². The molecule has 0 bridgehead atoms. The Kier molecular flexibility index (Phi) is 3.99. The monoisotopic (exact) mass is 333 g/mol. The fourth-order valence-corrected chi connectivity index (χ4v) is 3.45. The van der Waals surface area contributed by atoms with Gasteiger partial charge in [-0.3, -0.25) is 9.32 Å². The van der Waals surface area contributed by atoms with Crippen LogP contribution in [0.2, 0.25) is 0 Å². The van der Waals surface area contributed by atoms with E-state index in [1.807, 2.05) is 12.1 Å². The van der Waals surface area contributed by atoms with Crippen molar-refractivity contribution in [2.45, 2.75) is 26.2 Å². The van der Waals surface area contributed by atoms with E-state index in [0.29, 0.717) is 15.4 Å². The summed E-state index contributed by atoms with van der Waals surface area (Å²) in [6.45, 7) is 2.13. The zero-order valence-electron chi connectivity index (χ0n) is 12.9. The van der Waals surface area contributed by atoms with E-state index in [2.05, 4.69) is 21.7 Å². The number of nitrogens with zero attached hydrogens (tertiary/aromatic N) is 2. The van der Waals surface area contributed by atoms with Crippen molar-refractivity contribution in [3.63, 3.8) is 0 Å². The van der Waals surface area contributed by atoms with Gasteiger partial charge in [0.05, 0.1) is 5.69 Å². The number of aryl methyl sites for hydroxylation is 2. The van der Waals surface area contributed by atoms with Crippen LogP contribution >= 0.6 is 11.3 Å². The number of carbonyl (C=O) groups is 1. The molecular formula is C15H17N4O3S+. The summed E-state index contributed by atoms with van der Waals surface area (Å²) >= 11 is 1.20. The van der Waals surface area contributed by atoms with E-state index in [1.165, 1.54) is 23.1 Å². The molecule has 120 valence electrons. The van der Waals surface area contributed by atoms with Gasteiger partial charge in [0.15, 0.2) is 7.05 Å². The lowest BCUT2D eigenvalue weighted by molar-refractivity contribution is -0.741. The average molecular weight is 333 g/mol. The highest BCUT2D eigenvalue weighted by Crippen LogP contribution is 2.33. The molecule has 0 aromatic carbocycles. The predicted octanol–water partition coefficient (Wildman–Crippen LogP) is 1.56. The Morgan fingerprint density at radius 1 is 1.48 bits per heavy atom. The molecule has 3 rings (SSSR count). The molecular weight excluding hydrogens is 316 g/mol. The number of H-pyrrole nitrogens is 1. The Labute approximate surface area is 135 Å². The molecule has 3 aromatic heterocycles. The van der Waals surface area contributed by atoms with E-state index < -0.39 is 11.4 Å². The molecule has 0 saturated heterocycles. The van der Waals surface area contributed by atoms with E-state index in [1.54, 1.807) is 0 Å². The number of rotatable bonds is 5. The third-order valence-electron chi connectivity index (χ3n) is 3.66. The summed E-state index contributed by atoms with van der Waals surface area (Å²) in [5.41, 5.74) is 6.62. The number of ketones is 1. The number of nitrogen functional groups attached to an aromatic ring is 1. The van der Waals surface area contributed by atoms with Gasteiger partial charge >= 0.3 is 11.3 Å². The highest BCUT2D eigenvalue weighted by Gasteiger charge is 2.31. The van der Waals surface area contributed by atoms with E-state index >= 15 is 0 Å². The lowest BCUT2D eigenvalue weighted by Gasteiger charge is -1.98. The topological polar surface area (TPSA) is 106 Å². The van der Waals surface area contributed by atoms with Crippen LogP contribution < -0.4 is 16.0 Å². The van der Waals surface area contributed by atoms with Crippen LogP contribution in [0.1, 0.15) is 40.8 Å². The van der Waals surface area contributed by atoms with Crippen molar-refractivity contribution in [3.8, 4) is 0 Å². The molecule has 7 nitrogen and oxygen atoms in total. The second kappa shape index (κ2) is 5.96. The number of thiophene rings is 1. The van der Waals surface area contributed by atoms with Gasteiger partial charge in [0.1, 0.15) is 9.71 Å². The third kappa shape index (κ3) is 2.65. The first-order valence-electron chi connectivity index (χ1n) is 7.33. The molecule has 3 heterocycles. The molecule has 0 radical (unpaired) electrons. The van der Waals surface area contributed by atoms with Gasteiger partial charge in [-0.15, -0.1) is 11.3 Å². The molecule has 3 N–H and O–H groups in total. The van der Waals surface area contributed by atoms with Crippen molar-refractivity contribution in [3.05, 3.63) is 38.8 Å². The highest BCUT2D eigenvalue weighted by atomic mass is 32.1. The molecule has 0 aliphatic heterocycles. The number of aromatic amines is 1. The first kappa shape index (κ1) is 15.4. The zero-order chi connectivity index (χ0) is 16.6. The van der Waals surface area contributed by atoms with Crippen LogP contribution in [0.4, 0.5) is 5.69 Å². The van der Waals surface area contributed by atoms with Gasteiger partial charge in [-0.05, 0) is 30.2 Å². The van der Waals surface area contributed by atoms with Crippen molar-refractivity contribution in [2.75, 3.05) is 5.73 Å². The first-order valence-corrected chi connectivity index (χ1v) is 8.14. The fraction of sp³-hybridized carbons (Fsp3) is 0.333. The molecule has 0 atom stereocenters. The second-order valence-corrected chi connectivity index (χ2v) is 6.32. The number of unbranched alkanes of at least 4 members (excludes halogenated alkanes) is 1. The number of hydrogen-bond donors (Lipinski definition) is 2. The lowest BCUT2D eigenvalue weighted by Crippen LogP contribution is -2.39. The van der Waals surface area contributed by atoms with Gasteiger partial charge in [-0.1, -0.05) is 18.0 Å². The summed E-state index contributed by atoms with van der Waals surface area (Å²) in [5.74, 6) is -0.460. The molecule has 23 heavy (non-hydrogen) atoms. The van der Waals surface area contributed by atoms with E-state index in [-0.39, 0.29) is 5.69 Å². The van der Waals surface area contributed by atoms with Crippen LogP contribution in [-0.2, 0) is 13.5 Å². The van der Waals surface area contributed by atoms with Crippen molar-refractivity contribution in [2.24, 2.45) is 7.05 Å². The van der Waals surface area contributed by atoms with Crippen LogP contribution in [-0.4, -0.2) is 16.0 Å². The Balaban J connectivity index is 2.06. The van der Waals surface area contributed by atoms with Crippen molar-refractivity contribution < 1.29 is 14.0 Å². The van der Waals surface area contributed by atoms with Gasteiger partial charge in [0.2, 0.25) is 0 Å². The number of nitrogens with one attached hydrogen (secondary N) is 1. The Morgan fingerprint density at radius 3 is 2.91 bits per heavy atom. The molecule has 3 aromatic rings. The summed E-state index contributed by atoms with van der Waals surface area (Å²) in [6, 6.07) is 3.82. The largest absolute Gasteiger partial charge is 0.438 e. The molecule has 0 amide bonds. The highest BCUT2D eigenvalue weighted by molar-refractivity contribution is 7.21. The average Bonchev–Trinajstić information content (AvgIpc) is 3.04. The zero-order valence-corrected chi connectivity index (χ0v) is 13.7. The van der Waals surface area contributed by atoms with E-state index in [4.69, 9.17) is 5.73 Å². The Bertz CT molecular complexity index is 938. The van der Waals surface area contributed by atoms with Crippen molar-refractivity contribution in [1.29, 1.82) is 0 Å². The maximum absolute atomic E-state index is 12.6. The van der Waals surface area contributed by atoms with Crippen LogP contribution in [0, 0.1) is 0 Å². The Morgan fingerprint density at radius 2 is 2.26 bits per heavy atom. The Hall–Kier alpha value is -2.48. The summed E-state index contributed by atoms with van der Waals surface area (Å²) in [4.78, 5) is 29.9. The summed E-state index contributed by atoms with van der Waals surface area (Å²) in [5, 5.41) is 3.07. The van der Waals surface area contributed by atoms with Gasteiger partial charge in [0, 0.05) is 11.1 Å². The second-order valence-electron chi connectivity index (χ2n) is 5.32. The molecule has 0 aliphatic carbocycles. The summed E-state index contributed by atoms with van der Waals surface area (Å²) < 4.78 is 5.87. The quantitative estimate of drug-likeness (QED) is 0.544. The minimum absolute atomic E-state index is 0.0885. The summed E-state index contributed by atoms with van der Waals surface area (Å²) in [7, 11) is 1.53. The van der Waals surface area contributed by atoms with Gasteiger partial charge in [-0.2, -0.15) is 0 Å². The van der Waals surface area contributed by atoms with Crippen LogP contribution in [0.25, 0.3) is 10.2 Å². The molecule has 0 unspecified atom stereocenters. The minimum Gasteiger partial charge on any atom is -0.397 e. The number of fused-ring (bicyclic) bond motifs is 1. The number of pyridine rings is 1. The third-order valence-corrected chi connectivity index (χ3v) is 4.78. The SMILES string of the molecule is CCCCc1ccc2c(N)c(C(=O)c3c(=O)o[nH][n+]3C)sc2n1. The molecule has 0 fully saturated rings. The molecule has 0 saturated carbocycles. The molecule has 8 heteroatoms. The lowest BCUT2D eigenvalue weighted by atomic mass is 10.1. The van der Waals surface area contributed by atoms with Crippen molar-refractivity contribution in [1.82, 2.24) is 10.3 Å². The van der Waals surface area contributed by atoms with E-state index in [0.717, 1.165) is 30.3 Å². The number of carbonyl (C=O) groups excluding carboxylic acids is 1. The maximum Gasteiger partial charge on any atom is 0.438 e. The number of anilines is 1. The first-order chi connectivity index (χ1) is 11.0. The van der Waals surface area contributed by atoms with Gasteiger partial charge in [0.25, 0.3) is 5.78 Å². The number of nitrogens with two attached hydrogens (primary N) is 1. The number of hydrogen-bond acceptors (Lipinski definition) is 6. The van der Waals surface area contributed by atoms with Gasteiger partial charge < -0.3 is 5.73 Å². The number of aromatic nitrogens is 3. The van der Waals surface area contributed by atoms with Crippen LogP contribution in [0.3, 0.4) is 0 Å². The standard InChI is InChI=1S/C15H16N4O3S/c1-3-4-5-8-6-7-9-10(16)13(23-14(9)17-8)12(20)11-15(21)22-18-19(11)2/h6-7H,3-5H2,1-2H3,(H2-,16,18,20,21)/p+1. The predicted molar refractivity (Wildman–Crippen MR) is 86.6 cm³/mol. The summed E-state index contributed by atoms with van der Waals surface area (Å²) in [6.07, 6.45) is 3.05. The van der Waals surface area contributed by atoms with Crippen LogP contribution in [0.5, 0.6) is 0 Å². The fourth-order valence-electron chi connectivity index (χ4n) is 2.39. The van der Waals surface area contributed by atoms with E-state index in [9.17, 15) is 9.59 Å². The molecule has 0 aliphatic rings. The minimum atomic E-state index is -0.717. The smallest absolute Gasteiger partial charge is 0.397 e. The maximum atomic E-state index is 12.6.